The first kappa shape index (κ1) is 14.1. The highest BCUT2D eigenvalue weighted by molar-refractivity contribution is 5.38. The molecule has 6 heteroatoms. The minimum atomic E-state index is -4.34. The van der Waals surface area contributed by atoms with E-state index in [4.69, 9.17) is 9.47 Å². The second-order valence-electron chi connectivity index (χ2n) is 4.41. The molecule has 1 heterocycles. The fourth-order valence-corrected chi connectivity index (χ4v) is 2.05. The zero-order chi connectivity index (χ0) is 13.9. The summed E-state index contributed by atoms with van der Waals surface area (Å²) in [6.07, 6.45) is -4.34. The zero-order valence-corrected chi connectivity index (χ0v) is 10.7. The van der Waals surface area contributed by atoms with Crippen LogP contribution in [0.5, 0.6) is 5.75 Å². The van der Waals surface area contributed by atoms with Crippen LogP contribution in [-0.4, -0.2) is 38.3 Å². The lowest BCUT2D eigenvalue weighted by Gasteiger charge is -2.27. The van der Waals surface area contributed by atoms with Crippen LogP contribution in [0.4, 0.5) is 13.2 Å². The molecule has 19 heavy (non-hydrogen) atoms. The van der Waals surface area contributed by atoms with Gasteiger partial charge in [-0.15, -0.1) is 0 Å². The highest BCUT2D eigenvalue weighted by Gasteiger charge is 2.31. The number of alkyl halides is 3. The summed E-state index contributed by atoms with van der Waals surface area (Å²) in [6.45, 7) is 3.45. The number of rotatable bonds is 3. The van der Waals surface area contributed by atoms with Crippen LogP contribution in [0.25, 0.3) is 0 Å². The molecule has 1 fully saturated rings. The Bertz CT molecular complexity index is 428. The molecule has 0 aromatic heterocycles. The molecule has 1 aliphatic heterocycles. The van der Waals surface area contributed by atoms with E-state index in [0.29, 0.717) is 19.8 Å². The van der Waals surface area contributed by atoms with Crippen molar-refractivity contribution in [1.82, 2.24) is 4.90 Å². The summed E-state index contributed by atoms with van der Waals surface area (Å²) in [5.41, 5.74) is 0.0764. The summed E-state index contributed by atoms with van der Waals surface area (Å²) in [4.78, 5) is 2.13. The largest absolute Gasteiger partial charge is 0.496 e. The van der Waals surface area contributed by atoms with E-state index in [2.05, 4.69) is 4.90 Å². The van der Waals surface area contributed by atoms with Crippen LogP contribution in [-0.2, 0) is 17.5 Å². The van der Waals surface area contributed by atoms with Gasteiger partial charge in [0.2, 0.25) is 0 Å². The third-order valence-corrected chi connectivity index (χ3v) is 3.11. The van der Waals surface area contributed by atoms with Crippen LogP contribution in [0.2, 0.25) is 0 Å². The number of hydrogen-bond acceptors (Lipinski definition) is 3. The van der Waals surface area contributed by atoms with E-state index in [-0.39, 0.29) is 5.75 Å². The smallest absolute Gasteiger partial charge is 0.416 e. The monoisotopic (exact) mass is 275 g/mol. The van der Waals surface area contributed by atoms with Crippen molar-refractivity contribution in [3.05, 3.63) is 29.3 Å². The summed E-state index contributed by atoms with van der Waals surface area (Å²) < 4.78 is 48.1. The van der Waals surface area contributed by atoms with Gasteiger partial charge in [-0.05, 0) is 12.1 Å². The van der Waals surface area contributed by atoms with Crippen molar-refractivity contribution < 1.29 is 22.6 Å². The highest BCUT2D eigenvalue weighted by atomic mass is 19.4. The van der Waals surface area contributed by atoms with Crippen molar-refractivity contribution in [2.24, 2.45) is 0 Å². The molecule has 0 aliphatic carbocycles. The van der Waals surface area contributed by atoms with Gasteiger partial charge in [-0.25, -0.2) is 0 Å². The van der Waals surface area contributed by atoms with E-state index in [0.717, 1.165) is 30.8 Å². The average Bonchev–Trinajstić information content (AvgIpc) is 2.39. The normalized spacial score (nSPS) is 17.5. The van der Waals surface area contributed by atoms with E-state index in [1.54, 1.807) is 0 Å². The maximum atomic E-state index is 12.6. The first-order valence-corrected chi connectivity index (χ1v) is 6.05. The van der Waals surface area contributed by atoms with Gasteiger partial charge in [-0.1, -0.05) is 6.07 Å². The summed E-state index contributed by atoms with van der Waals surface area (Å²) in [5.74, 6) is 0.279. The van der Waals surface area contributed by atoms with Gasteiger partial charge in [0, 0.05) is 25.2 Å². The van der Waals surface area contributed by atoms with Crippen molar-refractivity contribution in [1.29, 1.82) is 0 Å². The van der Waals surface area contributed by atoms with Gasteiger partial charge in [-0.3, -0.25) is 4.90 Å². The number of halogens is 3. The fraction of sp³-hybridized carbons (Fsp3) is 0.538. The SMILES string of the molecule is COc1cc(C(F)(F)F)ccc1CN1CCOCC1. The van der Waals surface area contributed by atoms with Crippen molar-refractivity contribution in [2.45, 2.75) is 12.7 Å². The lowest BCUT2D eigenvalue weighted by molar-refractivity contribution is -0.137. The van der Waals surface area contributed by atoms with Crippen LogP contribution in [0.3, 0.4) is 0 Å². The van der Waals surface area contributed by atoms with E-state index in [9.17, 15) is 13.2 Å². The Balaban J connectivity index is 2.16. The van der Waals surface area contributed by atoms with Crippen molar-refractivity contribution >= 4 is 0 Å². The lowest BCUT2D eigenvalue weighted by Crippen LogP contribution is -2.35. The topological polar surface area (TPSA) is 21.7 Å². The van der Waals surface area contributed by atoms with E-state index < -0.39 is 11.7 Å². The first-order valence-electron chi connectivity index (χ1n) is 6.05. The Hall–Kier alpha value is -1.27. The molecular formula is C13H16F3NO2. The molecule has 0 amide bonds. The molecule has 0 saturated carbocycles. The van der Waals surface area contributed by atoms with E-state index in [1.165, 1.54) is 13.2 Å². The number of nitrogens with zero attached hydrogens (tertiary/aromatic N) is 1. The van der Waals surface area contributed by atoms with Gasteiger partial charge in [-0.2, -0.15) is 13.2 Å². The van der Waals surface area contributed by atoms with Gasteiger partial charge < -0.3 is 9.47 Å². The standard InChI is InChI=1S/C13H16F3NO2/c1-18-12-8-11(13(14,15)16)3-2-10(12)9-17-4-6-19-7-5-17/h2-3,8H,4-7,9H2,1H3. The maximum Gasteiger partial charge on any atom is 0.416 e. The third-order valence-electron chi connectivity index (χ3n) is 3.11. The van der Waals surface area contributed by atoms with Crippen molar-refractivity contribution in [3.8, 4) is 5.75 Å². The predicted octanol–water partition coefficient (Wildman–Crippen LogP) is 2.55. The quantitative estimate of drug-likeness (QED) is 0.846. The molecule has 1 aromatic carbocycles. The first-order chi connectivity index (χ1) is 9.00. The fourth-order valence-electron chi connectivity index (χ4n) is 2.05. The Morgan fingerprint density at radius 3 is 2.53 bits per heavy atom. The zero-order valence-electron chi connectivity index (χ0n) is 10.7. The molecular weight excluding hydrogens is 259 g/mol. The van der Waals surface area contributed by atoms with E-state index in [1.807, 2.05) is 0 Å². The predicted molar refractivity (Wildman–Crippen MR) is 64.1 cm³/mol. The van der Waals surface area contributed by atoms with Crippen LogP contribution in [0.1, 0.15) is 11.1 Å². The molecule has 0 bridgehead atoms. The highest BCUT2D eigenvalue weighted by Crippen LogP contribution is 2.33. The molecule has 106 valence electrons. The summed E-state index contributed by atoms with van der Waals surface area (Å²) >= 11 is 0. The van der Waals surface area contributed by atoms with Crippen molar-refractivity contribution in [2.75, 3.05) is 33.4 Å². The minimum absolute atomic E-state index is 0.279. The van der Waals surface area contributed by atoms with Gasteiger partial charge >= 0.3 is 6.18 Å². The number of benzene rings is 1. The molecule has 1 aliphatic rings. The van der Waals surface area contributed by atoms with E-state index >= 15 is 0 Å². The molecule has 3 nitrogen and oxygen atoms in total. The number of methoxy groups -OCH3 is 1. The third kappa shape index (κ3) is 3.61. The second kappa shape index (κ2) is 5.79. The number of ether oxygens (including phenoxy) is 2. The summed E-state index contributed by atoms with van der Waals surface area (Å²) in [5, 5.41) is 0. The van der Waals surface area contributed by atoms with Crippen LogP contribution < -0.4 is 4.74 Å². The average molecular weight is 275 g/mol. The molecule has 0 spiro atoms. The van der Waals surface area contributed by atoms with Gasteiger partial charge in [0.15, 0.2) is 0 Å². The molecule has 0 unspecified atom stereocenters. The van der Waals surface area contributed by atoms with Gasteiger partial charge in [0.25, 0.3) is 0 Å². The molecule has 0 radical (unpaired) electrons. The van der Waals surface area contributed by atoms with Crippen LogP contribution >= 0.6 is 0 Å². The van der Waals surface area contributed by atoms with Crippen LogP contribution in [0.15, 0.2) is 18.2 Å². The minimum Gasteiger partial charge on any atom is -0.496 e. The summed E-state index contributed by atoms with van der Waals surface area (Å²) in [6, 6.07) is 3.63. The van der Waals surface area contributed by atoms with Crippen LogP contribution in [0, 0.1) is 0 Å². The van der Waals surface area contributed by atoms with Gasteiger partial charge in [0.05, 0.1) is 25.9 Å². The molecule has 2 rings (SSSR count). The Morgan fingerprint density at radius 1 is 1.26 bits per heavy atom. The number of morpholine rings is 1. The lowest BCUT2D eigenvalue weighted by atomic mass is 10.1. The Morgan fingerprint density at radius 2 is 1.95 bits per heavy atom. The molecule has 0 N–H and O–H groups in total. The molecule has 1 saturated heterocycles. The van der Waals surface area contributed by atoms with Crippen molar-refractivity contribution in [3.63, 3.8) is 0 Å². The second-order valence-corrected chi connectivity index (χ2v) is 4.41. The Labute approximate surface area is 109 Å². The maximum absolute atomic E-state index is 12.6. The molecule has 1 aromatic rings. The Kier molecular flexibility index (Phi) is 4.31. The molecule has 0 atom stereocenters. The summed E-state index contributed by atoms with van der Waals surface area (Å²) in [7, 11) is 1.39. The number of hydrogen-bond donors (Lipinski definition) is 0. The van der Waals surface area contributed by atoms with Gasteiger partial charge in [0.1, 0.15) is 5.75 Å².